The summed E-state index contributed by atoms with van der Waals surface area (Å²) < 4.78 is 6.98. The predicted molar refractivity (Wildman–Crippen MR) is 93.4 cm³/mol. The highest BCUT2D eigenvalue weighted by atomic mass is 16.5. The molecule has 1 aromatic heterocycles. The summed E-state index contributed by atoms with van der Waals surface area (Å²) in [5.74, 6) is 0.828. The van der Waals surface area contributed by atoms with Gasteiger partial charge in [0.25, 0.3) is 5.56 Å². The predicted octanol–water partition coefficient (Wildman–Crippen LogP) is 3.57. The van der Waals surface area contributed by atoms with E-state index in [1.54, 1.807) is 13.2 Å². The zero-order valence-corrected chi connectivity index (χ0v) is 13.8. The molecular weight excluding hydrogens is 288 g/mol. The van der Waals surface area contributed by atoms with E-state index in [1.165, 1.54) is 25.7 Å². The van der Waals surface area contributed by atoms with Gasteiger partial charge in [-0.25, -0.2) is 0 Å². The van der Waals surface area contributed by atoms with E-state index in [9.17, 15) is 4.79 Å². The number of aryl methyl sites for hydroxylation is 1. The van der Waals surface area contributed by atoms with Crippen LogP contribution in [0.5, 0.6) is 5.75 Å². The van der Waals surface area contributed by atoms with Crippen LogP contribution in [-0.2, 0) is 6.54 Å². The van der Waals surface area contributed by atoms with Gasteiger partial charge in [0.15, 0.2) is 0 Å². The fraction of sp³-hybridized carbons (Fsp3) is 0.421. The maximum atomic E-state index is 12.5. The minimum Gasteiger partial charge on any atom is -0.497 e. The Kier molecular flexibility index (Phi) is 4.70. The lowest BCUT2D eigenvalue weighted by Gasteiger charge is -2.16. The Hall–Kier alpha value is -2.23. The summed E-state index contributed by atoms with van der Waals surface area (Å²) in [5, 5.41) is 3.50. The topological polar surface area (TPSA) is 43.3 Å². The standard InChI is InChI=1S/C19H24N2O2/c1-14-11-17(20-16-5-3-4-6-16)12-19(22)21(14)13-15-7-9-18(23-2)10-8-15/h7-12,16,20H,3-6,13H2,1-2H3. The lowest BCUT2D eigenvalue weighted by atomic mass is 10.2. The molecule has 0 aliphatic heterocycles. The monoisotopic (exact) mass is 312 g/mol. The number of benzene rings is 1. The number of anilines is 1. The summed E-state index contributed by atoms with van der Waals surface area (Å²) >= 11 is 0. The van der Waals surface area contributed by atoms with Crippen molar-refractivity contribution in [2.24, 2.45) is 0 Å². The molecule has 4 heteroatoms. The van der Waals surface area contributed by atoms with Crippen LogP contribution in [0.4, 0.5) is 5.69 Å². The van der Waals surface area contributed by atoms with Crippen molar-refractivity contribution < 1.29 is 4.74 Å². The molecule has 1 aliphatic rings. The van der Waals surface area contributed by atoms with E-state index in [0.29, 0.717) is 12.6 Å². The third-order valence-electron chi connectivity index (χ3n) is 4.56. The molecule has 3 rings (SSSR count). The molecule has 0 saturated heterocycles. The fourth-order valence-electron chi connectivity index (χ4n) is 3.23. The lowest BCUT2D eigenvalue weighted by Crippen LogP contribution is -2.24. The number of ether oxygens (including phenoxy) is 1. The molecule has 1 fully saturated rings. The third kappa shape index (κ3) is 3.76. The van der Waals surface area contributed by atoms with Crippen molar-refractivity contribution in [3.05, 3.63) is 58.0 Å². The van der Waals surface area contributed by atoms with Gasteiger partial charge in [0, 0.05) is 23.5 Å². The minimum absolute atomic E-state index is 0.0429. The third-order valence-corrected chi connectivity index (χ3v) is 4.56. The van der Waals surface area contributed by atoms with Crippen LogP contribution < -0.4 is 15.6 Å². The molecule has 1 aromatic carbocycles. The summed E-state index contributed by atoms with van der Waals surface area (Å²) in [6.07, 6.45) is 4.97. The molecular formula is C19H24N2O2. The highest BCUT2D eigenvalue weighted by molar-refractivity contribution is 5.44. The van der Waals surface area contributed by atoms with Gasteiger partial charge in [0.2, 0.25) is 0 Å². The zero-order valence-electron chi connectivity index (χ0n) is 13.8. The number of nitrogens with zero attached hydrogens (tertiary/aromatic N) is 1. The Morgan fingerprint density at radius 3 is 2.48 bits per heavy atom. The van der Waals surface area contributed by atoms with Crippen molar-refractivity contribution in [2.75, 3.05) is 12.4 Å². The van der Waals surface area contributed by atoms with E-state index in [1.807, 2.05) is 35.8 Å². The molecule has 2 aromatic rings. The Morgan fingerprint density at radius 2 is 1.87 bits per heavy atom. The number of rotatable bonds is 5. The van der Waals surface area contributed by atoms with E-state index >= 15 is 0 Å². The molecule has 1 N–H and O–H groups in total. The molecule has 0 radical (unpaired) electrons. The average Bonchev–Trinajstić information content (AvgIpc) is 3.04. The van der Waals surface area contributed by atoms with Gasteiger partial charge in [-0.3, -0.25) is 4.79 Å². The molecule has 0 bridgehead atoms. The molecule has 122 valence electrons. The molecule has 1 heterocycles. The molecule has 4 nitrogen and oxygen atoms in total. The van der Waals surface area contributed by atoms with Gasteiger partial charge < -0.3 is 14.6 Å². The molecule has 0 spiro atoms. The quantitative estimate of drug-likeness (QED) is 0.918. The van der Waals surface area contributed by atoms with Crippen molar-refractivity contribution in [1.82, 2.24) is 4.57 Å². The Bertz CT molecular complexity index is 713. The van der Waals surface area contributed by atoms with Crippen molar-refractivity contribution in [2.45, 2.75) is 45.2 Å². The molecule has 0 atom stereocenters. The van der Waals surface area contributed by atoms with E-state index in [2.05, 4.69) is 11.4 Å². The Labute approximate surface area is 137 Å². The number of aromatic nitrogens is 1. The largest absolute Gasteiger partial charge is 0.497 e. The Morgan fingerprint density at radius 1 is 1.17 bits per heavy atom. The van der Waals surface area contributed by atoms with Crippen LogP contribution in [-0.4, -0.2) is 17.7 Å². The fourth-order valence-corrected chi connectivity index (χ4v) is 3.23. The van der Waals surface area contributed by atoms with E-state index in [-0.39, 0.29) is 5.56 Å². The maximum Gasteiger partial charge on any atom is 0.253 e. The van der Waals surface area contributed by atoms with Crippen molar-refractivity contribution >= 4 is 5.69 Å². The number of pyridine rings is 1. The second-order valence-corrected chi connectivity index (χ2v) is 6.28. The van der Waals surface area contributed by atoms with E-state index < -0.39 is 0 Å². The summed E-state index contributed by atoms with van der Waals surface area (Å²) in [6.45, 7) is 2.57. The van der Waals surface area contributed by atoms with Crippen LogP contribution in [0.3, 0.4) is 0 Å². The first-order valence-electron chi connectivity index (χ1n) is 8.26. The summed E-state index contributed by atoms with van der Waals surface area (Å²) in [5.41, 5.74) is 3.06. The first kappa shape index (κ1) is 15.7. The first-order valence-corrected chi connectivity index (χ1v) is 8.26. The van der Waals surface area contributed by atoms with Crippen LogP contribution in [0.15, 0.2) is 41.2 Å². The maximum absolute atomic E-state index is 12.5. The number of hydrogen-bond donors (Lipinski definition) is 1. The highest BCUT2D eigenvalue weighted by Gasteiger charge is 2.15. The number of methoxy groups -OCH3 is 1. The highest BCUT2D eigenvalue weighted by Crippen LogP contribution is 2.22. The van der Waals surface area contributed by atoms with Crippen LogP contribution >= 0.6 is 0 Å². The zero-order chi connectivity index (χ0) is 16.2. The summed E-state index contributed by atoms with van der Waals surface area (Å²) in [4.78, 5) is 12.5. The van der Waals surface area contributed by atoms with Crippen LogP contribution in [0.2, 0.25) is 0 Å². The van der Waals surface area contributed by atoms with Crippen LogP contribution in [0.25, 0.3) is 0 Å². The van der Waals surface area contributed by atoms with Gasteiger partial charge in [0.1, 0.15) is 5.75 Å². The van der Waals surface area contributed by atoms with Gasteiger partial charge in [0.05, 0.1) is 13.7 Å². The SMILES string of the molecule is COc1ccc(Cn2c(C)cc(NC3CCCC3)cc2=O)cc1. The smallest absolute Gasteiger partial charge is 0.253 e. The second-order valence-electron chi connectivity index (χ2n) is 6.28. The van der Waals surface area contributed by atoms with Gasteiger partial charge in [-0.05, 0) is 43.5 Å². The lowest BCUT2D eigenvalue weighted by molar-refractivity contribution is 0.414. The van der Waals surface area contributed by atoms with Crippen LogP contribution in [0.1, 0.15) is 36.9 Å². The van der Waals surface area contributed by atoms with E-state index in [4.69, 9.17) is 4.74 Å². The minimum atomic E-state index is 0.0429. The van der Waals surface area contributed by atoms with Crippen molar-refractivity contribution in [3.63, 3.8) is 0 Å². The summed E-state index contributed by atoms with van der Waals surface area (Å²) in [7, 11) is 1.65. The molecule has 0 amide bonds. The molecule has 23 heavy (non-hydrogen) atoms. The number of nitrogens with one attached hydrogen (secondary N) is 1. The van der Waals surface area contributed by atoms with Gasteiger partial charge in [-0.15, -0.1) is 0 Å². The van der Waals surface area contributed by atoms with E-state index in [0.717, 1.165) is 22.7 Å². The van der Waals surface area contributed by atoms with Gasteiger partial charge >= 0.3 is 0 Å². The van der Waals surface area contributed by atoms with Gasteiger partial charge in [-0.1, -0.05) is 25.0 Å². The number of hydrogen-bond acceptors (Lipinski definition) is 3. The summed E-state index contributed by atoms with van der Waals surface area (Å²) in [6, 6.07) is 12.1. The second kappa shape index (κ2) is 6.90. The molecule has 1 saturated carbocycles. The molecule has 1 aliphatic carbocycles. The average molecular weight is 312 g/mol. The Balaban J connectivity index is 1.77. The molecule has 0 unspecified atom stereocenters. The van der Waals surface area contributed by atoms with Gasteiger partial charge in [-0.2, -0.15) is 0 Å². The van der Waals surface area contributed by atoms with Crippen molar-refractivity contribution in [3.8, 4) is 5.75 Å². The van der Waals surface area contributed by atoms with Crippen molar-refractivity contribution in [1.29, 1.82) is 0 Å². The first-order chi connectivity index (χ1) is 11.2. The normalized spacial score (nSPS) is 14.9. The van der Waals surface area contributed by atoms with Crippen LogP contribution in [0, 0.1) is 6.92 Å².